The van der Waals surface area contributed by atoms with E-state index >= 15 is 0 Å². The van der Waals surface area contributed by atoms with Gasteiger partial charge in [-0.1, -0.05) is 17.4 Å². The first kappa shape index (κ1) is 21.7. The summed E-state index contributed by atoms with van der Waals surface area (Å²) in [6.45, 7) is 3.65. The van der Waals surface area contributed by atoms with Crippen molar-refractivity contribution in [2.24, 2.45) is 7.05 Å². The van der Waals surface area contributed by atoms with E-state index in [1.807, 2.05) is 0 Å². The fourth-order valence-corrected chi connectivity index (χ4v) is 5.11. The molecule has 2 aliphatic rings. The third-order valence-corrected chi connectivity index (χ3v) is 6.85. The van der Waals surface area contributed by atoms with Crippen LogP contribution in [-0.4, -0.2) is 59.1 Å². The summed E-state index contributed by atoms with van der Waals surface area (Å²) in [6, 6.07) is 3.53. The van der Waals surface area contributed by atoms with E-state index in [1.165, 1.54) is 6.07 Å². The van der Waals surface area contributed by atoms with E-state index in [1.54, 1.807) is 17.9 Å². The number of nitrogens with two attached hydrogens (primary N) is 1. The molecule has 2 aliphatic heterocycles. The maximum Gasteiger partial charge on any atom is 0.277 e. The standard InChI is InChI=1S/C21H23F2N7O2S/c1-29-20(30-7-6-25-10-21(11-30)5-8-32-21)14(9-26-29)27-18(31)16-17(24)33-19(28-16)15-12(22)3-2-4-13(15)23/h2-4,9,25H,5-8,10-11,24H2,1H3,(H,27,31)/t21-/m0/s1. The number of halogens is 2. The van der Waals surface area contributed by atoms with Crippen LogP contribution in [0.15, 0.2) is 24.4 Å². The van der Waals surface area contributed by atoms with E-state index in [-0.39, 0.29) is 26.9 Å². The maximum absolute atomic E-state index is 14.2. The van der Waals surface area contributed by atoms with Gasteiger partial charge in [-0.2, -0.15) is 5.10 Å². The average Bonchev–Trinajstić information content (AvgIpc) is 3.21. The third kappa shape index (κ3) is 3.94. The molecule has 2 fully saturated rings. The molecule has 2 aromatic heterocycles. The van der Waals surface area contributed by atoms with Crippen molar-refractivity contribution in [2.45, 2.75) is 12.0 Å². The molecule has 0 radical (unpaired) electrons. The van der Waals surface area contributed by atoms with E-state index in [4.69, 9.17) is 10.5 Å². The van der Waals surface area contributed by atoms with Crippen LogP contribution in [-0.2, 0) is 11.8 Å². The minimum Gasteiger partial charge on any atom is -0.389 e. The molecule has 5 rings (SSSR count). The highest BCUT2D eigenvalue weighted by atomic mass is 32.1. The van der Waals surface area contributed by atoms with Crippen molar-refractivity contribution in [3.05, 3.63) is 41.7 Å². The van der Waals surface area contributed by atoms with E-state index in [0.29, 0.717) is 18.8 Å². The molecule has 4 N–H and O–H groups in total. The number of benzene rings is 1. The highest BCUT2D eigenvalue weighted by Gasteiger charge is 2.42. The molecule has 33 heavy (non-hydrogen) atoms. The van der Waals surface area contributed by atoms with E-state index in [9.17, 15) is 13.6 Å². The minimum absolute atomic E-state index is 0.00215. The Balaban J connectivity index is 1.41. The zero-order valence-electron chi connectivity index (χ0n) is 17.9. The summed E-state index contributed by atoms with van der Waals surface area (Å²) < 4.78 is 35.9. The summed E-state index contributed by atoms with van der Waals surface area (Å²) >= 11 is 0.855. The number of carbonyl (C=O) groups excluding carboxylic acids is 1. The minimum atomic E-state index is -0.771. The molecule has 0 saturated carbocycles. The summed E-state index contributed by atoms with van der Waals surface area (Å²) in [6.07, 6.45) is 2.51. The van der Waals surface area contributed by atoms with Gasteiger partial charge in [0.25, 0.3) is 5.91 Å². The fraction of sp³-hybridized carbons (Fsp3) is 0.381. The molecule has 0 aliphatic carbocycles. The number of hydrogen-bond acceptors (Lipinski definition) is 8. The smallest absolute Gasteiger partial charge is 0.277 e. The number of ether oxygens (including phenoxy) is 1. The van der Waals surface area contributed by atoms with Crippen molar-refractivity contribution in [3.63, 3.8) is 0 Å². The zero-order valence-corrected chi connectivity index (χ0v) is 18.7. The lowest BCUT2D eigenvalue weighted by atomic mass is 9.94. The number of hydrogen-bond donors (Lipinski definition) is 3. The first-order valence-corrected chi connectivity index (χ1v) is 11.3. The van der Waals surface area contributed by atoms with Gasteiger partial charge in [0.2, 0.25) is 0 Å². The number of thiazole rings is 1. The number of aromatic nitrogens is 3. The molecule has 4 heterocycles. The van der Waals surface area contributed by atoms with Gasteiger partial charge in [0.15, 0.2) is 11.5 Å². The number of aryl methyl sites for hydroxylation is 1. The molecule has 1 aromatic carbocycles. The van der Waals surface area contributed by atoms with Gasteiger partial charge in [-0.05, 0) is 12.1 Å². The van der Waals surface area contributed by atoms with Gasteiger partial charge < -0.3 is 26.0 Å². The third-order valence-electron chi connectivity index (χ3n) is 5.95. The van der Waals surface area contributed by atoms with Crippen molar-refractivity contribution in [1.29, 1.82) is 0 Å². The Kier molecular flexibility index (Phi) is 5.51. The molecule has 9 nitrogen and oxygen atoms in total. The van der Waals surface area contributed by atoms with Crippen LogP contribution in [0.5, 0.6) is 0 Å². The van der Waals surface area contributed by atoms with E-state index < -0.39 is 17.5 Å². The zero-order chi connectivity index (χ0) is 23.2. The Hall–Kier alpha value is -3.09. The number of amides is 1. The van der Waals surface area contributed by atoms with Crippen molar-refractivity contribution in [3.8, 4) is 10.6 Å². The molecular formula is C21H23F2N7O2S. The van der Waals surface area contributed by atoms with Crippen LogP contribution in [0.25, 0.3) is 10.6 Å². The number of nitrogens with one attached hydrogen (secondary N) is 2. The first-order valence-electron chi connectivity index (χ1n) is 10.5. The molecule has 0 unspecified atom stereocenters. The van der Waals surface area contributed by atoms with Crippen molar-refractivity contribution in [2.75, 3.05) is 48.7 Å². The van der Waals surface area contributed by atoms with Gasteiger partial charge in [-0.15, -0.1) is 0 Å². The summed E-state index contributed by atoms with van der Waals surface area (Å²) in [5, 5.41) is 10.6. The average molecular weight is 476 g/mol. The fourth-order valence-electron chi connectivity index (χ4n) is 4.23. The quantitative estimate of drug-likeness (QED) is 0.531. The maximum atomic E-state index is 14.2. The van der Waals surface area contributed by atoms with Crippen LogP contribution in [0.3, 0.4) is 0 Å². The highest BCUT2D eigenvalue weighted by Crippen LogP contribution is 2.35. The van der Waals surface area contributed by atoms with Crippen LogP contribution in [0, 0.1) is 11.6 Å². The molecule has 12 heteroatoms. The lowest BCUT2D eigenvalue weighted by Gasteiger charge is -2.43. The summed E-state index contributed by atoms with van der Waals surface area (Å²) in [7, 11) is 1.80. The summed E-state index contributed by atoms with van der Waals surface area (Å²) in [5.41, 5.74) is 5.84. The number of rotatable bonds is 4. The SMILES string of the molecule is Cn1ncc(NC(=O)c2nc(-c3c(F)cccc3F)sc2N)c1N1CCNC[C@@]2(CCO2)C1. The topological polar surface area (TPSA) is 110 Å². The van der Waals surface area contributed by atoms with Crippen molar-refractivity contribution >= 4 is 33.8 Å². The molecule has 1 spiro atoms. The summed E-state index contributed by atoms with van der Waals surface area (Å²) in [5.74, 6) is -1.39. The second kappa shape index (κ2) is 8.36. The lowest BCUT2D eigenvalue weighted by molar-refractivity contribution is -0.135. The molecular weight excluding hydrogens is 452 g/mol. The highest BCUT2D eigenvalue weighted by molar-refractivity contribution is 7.19. The lowest BCUT2D eigenvalue weighted by Crippen LogP contribution is -2.56. The van der Waals surface area contributed by atoms with Crippen LogP contribution in [0.1, 0.15) is 16.9 Å². The summed E-state index contributed by atoms with van der Waals surface area (Å²) in [4.78, 5) is 19.3. The van der Waals surface area contributed by atoms with E-state index in [0.717, 1.165) is 55.4 Å². The largest absolute Gasteiger partial charge is 0.389 e. The van der Waals surface area contributed by atoms with Crippen LogP contribution >= 0.6 is 11.3 Å². The Morgan fingerprint density at radius 2 is 2.12 bits per heavy atom. The van der Waals surface area contributed by atoms with Gasteiger partial charge >= 0.3 is 0 Å². The molecule has 2 saturated heterocycles. The van der Waals surface area contributed by atoms with Crippen LogP contribution < -0.4 is 21.3 Å². The van der Waals surface area contributed by atoms with Crippen LogP contribution in [0.2, 0.25) is 0 Å². The van der Waals surface area contributed by atoms with Gasteiger partial charge in [-0.3, -0.25) is 9.48 Å². The predicted octanol–water partition coefficient (Wildman–Crippen LogP) is 2.22. The van der Waals surface area contributed by atoms with E-state index in [2.05, 4.69) is 25.6 Å². The van der Waals surface area contributed by atoms with Gasteiger partial charge in [0.05, 0.1) is 18.4 Å². The number of carbonyl (C=O) groups is 1. The molecule has 0 bridgehead atoms. The normalized spacial score (nSPS) is 20.5. The van der Waals surface area contributed by atoms with Gasteiger partial charge in [-0.25, -0.2) is 13.8 Å². The molecule has 3 aromatic rings. The van der Waals surface area contributed by atoms with Gasteiger partial charge in [0, 0.05) is 39.6 Å². The Labute approximate surface area is 192 Å². The Bertz CT molecular complexity index is 1190. The molecule has 1 amide bonds. The predicted molar refractivity (Wildman–Crippen MR) is 121 cm³/mol. The van der Waals surface area contributed by atoms with Gasteiger partial charge in [0.1, 0.15) is 32.9 Å². The molecule has 174 valence electrons. The number of nitrogens with zero attached hydrogens (tertiary/aromatic N) is 4. The first-order chi connectivity index (χ1) is 15.9. The number of nitrogen functional groups attached to an aromatic ring is 1. The van der Waals surface area contributed by atoms with Crippen LogP contribution in [0.4, 0.5) is 25.3 Å². The molecule has 1 atom stereocenters. The van der Waals surface area contributed by atoms with Crippen molar-refractivity contribution in [1.82, 2.24) is 20.1 Å². The second-order valence-electron chi connectivity index (χ2n) is 8.17. The monoisotopic (exact) mass is 475 g/mol. The Morgan fingerprint density at radius 3 is 2.82 bits per heavy atom. The Morgan fingerprint density at radius 1 is 1.36 bits per heavy atom. The number of anilines is 3. The second-order valence-corrected chi connectivity index (χ2v) is 9.20. The van der Waals surface area contributed by atoms with Crippen molar-refractivity contribution < 1.29 is 18.3 Å².